The van der Waals surface area contributed by atoms with Gasteiger partial charge in [-0.25, -0.2) is 5.43 Å². The Morgan fingerprint density at radius 1 is 1.00 bits per heavy atom. The second-order valence-corrected chi connectivity index (χ2v) is 5.22. The van der Waals surface area contributed by atoms with Crippen LogP contribution in [0.15, 0.2) is 84.2 Å². The van der Waals surface area contributed by atoms with Gasteiger partial charge < -0.3 is 4.74 Å². The fraction of sp³-hybridized carbons (Fsp3) is 0.0500. The Morgan fingerprint density at radius 2 is 1.72 bits per heavy atom. The zero-order chi connectivity index (χ0) is 17.3. The number of carbonyl (C=O) groups is 1. The van der Waals surface area contributed by atoms with E-state index < -0.39 is 0 Å². The Hall–Kier alpha value is -3.47. The summed E-state index contributed by atoms with van der Waals surface area (Å²) in [5, 5.41) is 3.90. The minimum Gasteiger partial charge on any atom is -0.483 e. The number of para-hydroxylation sites is 1. The topological polar surface area (TPSA) is 63.6 Å². The SMILES string of the molecule is O=C(COc1ccccc1-c1ccccc1)NN=Cc1ccncc1. The van der Waals surface area contributed by atoms with Gasteiger partial charge in [-0.15, -0.1) is 0 Å². The largest absolute Gasteiger partial charge is 0.483 e. The summed E-state index contributed by atoms with van der Waals surface area (Å²) in [4.78, 5) is 15.8. The Balaban J connectivity index is 1.59. The summed E-state index contributed by atoms with van der Waals surface area (Å²) in [6.07, 6.45) is 4.87. The van der Waals surface area contributed by atoms with Crippen molar-refractivity contribution < 1.29 is 9.53 Å². The molecule has 0 spiro atoms. The number of aromatic nitrogens is 1. The molecular formula is C20H17N3O2. The summed E-state index contributed by atoms with van der Waals surface area (Å²) in [6.45, 7) is -0.114. The van der Waals surface area contributed by atoms with Crippen molar-refractivity contribution in [3.63, 3.8) is 0 Å². The zero-order valence-electron chi connectivity index (χ0n) is 13.5. The highest BCUT2D eigenvalue weighted by atomic mass is 16.5. The first kappa shape index (κ1) is 16.4. The summed E-state index contributed by atoms with van der Waals surface area (Å²) < 4.78 is 5.66. The van der Waals surface area contributed by atoms with Crippen LogP contribution >= 0.6 is 0 Å². The minimum absolute atomic E-state index is 0.114. The molecule has 0 fully saturated rings. The zero-order valence-corrected chi connectivity index (χ0v) is 13.5. The van der Waals surface area contributed by atoms with Crippen molar-refractivity contribution >= 4 is 12.1 Å². The third-order valence-electron chi connectivity index (χ3n) is 3.44. The van der Waals surface area contributed by atoms with Gasteiger partial charge in [-0.1, -0.05) is 48.5 Å². The molecule has 5 nitrogen and oxygen atoms in total. The van der Waals surface area contributed by atoms with Crippen LogP contribution in [0.5, 0.6) is 5.75 Å². The van der Waals surface area contributed by atoms with Crippen LogP contribution in [-0.2, 0) is 4.79 Å². The summed E-state index contributed by atoms with van der Waals surface area (Å²) in [5.41, 5.74) is 5.28. The van der Waals surface area contributed by atoms with Crippen molar-refractivity contribution in [2.45, 2.75) is 0 Å². The molecule has 0 saturated heterocycles. The molecular weight excluding hydrogens is 314 g/mol. The van der Waals surface area contributed by atoms with Crippen LogP contribution in [0.3, 0.4) is 0 Å². The smallest absolute Gasteiger partial charge is 0.277 e. The number of hydrazone groups is 1. The molecule has 1 N–H and O–H groups in total. The lowest BCUT2D eigenvalue weighted by Crippen LogP contribution is -2.24. The van der Waals surface area contributed by atoms with Gasteiger partial charge in [0, 0.05) is 18.0 Å². The first-order chi connectivity index (χ1) is 12.3. The van der Waals surface area contributed by atoms with Crippen molar-refractivity contribution in [3.8, 4) is 16.9 Å². The molecule has 0 aliphatic carbocycles. The molecule has 25 heavy (non-hydrogen) atoms. The fourth-order valence-corrected chi connectivity index (χ4v) is 2.25. The Labute approximate surface area is 146 Å². The minimum atomic E-state index is -0.326. The number of benzene rings is 2. The van der Waals surface area contributed by atoms with Gasteiger partial charge in [0.15, 0.2) is 6.61 Å². The number of carbonyl (C=O) groups excluding carboxylic acids is 1. The summed E-state index contributed by atoms with van der Waals surface area (Å²) in [5.74, 6) is 0.329. The first-order valence-corrected chi connectivity index (χ1v) is 7.82. The average Bonchev–Trinajstić information content (AvgIpc) is 2.68. The normalized spacial score (nSPS) is 10.6. The number of rotatable bonds is 6. The van der Waals surface area contributed by atoms with Gasteiger partial charge in [-0.3, -0.25) is 9.78 Å². The number of hydrogen-bond acceptors (Lipinski definition) is 4. The molecule has 2 aromatic carbocycles. The van der Waals surface area contributed by atoms with E-state index in [-0.39, 0.29) is 12.5 Å². The van der Waals surface area contributed by atoms with Crippen LogP contribution in [0.25, 0.3) is 11.1 Å². The predicted molar refractivity (Wildman–Crippen MR) is 97.3 cm³/mol. The van der Waals surface area contributed by atoms with Gasteiger partial charge >= 0.3 is 0 Å². The Morgan fingerprint density at radius 3 is 2.52 bits per heavy atom. The summed E-state index contributed by atoms with van der Waals surface area (Å²) in [7, 11) is 0. The van der Waals surface area contributed by atoms with Crippen LogP contribution in [-0.4, -0.2) is 23.7 Å². The first-order valence-electron chi connectivity index (χ1n) is 7.82. The van der Waals surface area contributed by atoms with E-state index in [2.05, 4.69) is 15.5 Å². The van der Waals surface area contributed by atoms with E-state index in [4.69, 9.17) is 4.74 Å². The number of nitrogens with one attached hydrogen (secondary N) is 1. The van der Waals surface area contributed by atoms with Gasteiger partial charge in [0.2, 0.25) is 0 Å². The van der Waals surface area contributed by atoms with Crippen LogP contribution in [0.4, 0.5) is 0 Å². The van der Waals surface area contributed by atoms with E-state index in [1.807, 2.05) is 54.6 Å². The lowest BCUT2D eigenvalue weighted by atomic mass is 10.1. The van der Waals surface area contributed by atoms with Gasteiger partial charge in [0.1, 0.15) is 5.75 Å². The van der Waals surface area contributed by atoms with Gasteiger partial charge in [-0.05, 0) is 29.3 Å². The Bertz CT molecular complexity index is 849. The predicted octanol–water partition coefficient (Wildman–Crippen LogP) is 3.28. The molecule has 0 bridgehead atoms. The van der Waals surface area contributed by atoms with Crippen molar-refractivity contribution in [1.82, 2.24) is 10.4 Å². The Kier molecular flexibility index (Phi) is 5.51. The monoisotopic (exact) mass is 331 g/mol. The maximum atomic E-state index is 11.9. The van der Waals surface area contributed by atoms with E-state index in [1.54, 1.807) is 30.7 Å². The maximum Gasteiger partial charge on any atom is 0.277 e. The van der Waals surface area contributed by atoms with E-state index in [0.717, 1.165) is 16.7 Å². The van der Waals surface area contributed by atoms with E-state index in [1.165, 1.54) is 0 Å². The highest BCUT2D eigenvalue weighted by Gasteiger charge is 2.07. The van der Waals surface area contributed by atoms with Crippen molar-refractivity contribution in [3.05, 3.63) is 84.7 Å². The second kappa shape index (κ2) is 8.40. The molecule has 0 aliphatic heterocycles. The molecule has 1 aromatic heterocycles. The van der Waals surface area contributed by atoms with Crippen LogP contribution in [0, 0.1) is 0 Å². The molecule has 124 valence electrons. The number of ether oxygens (including phenoxy) is 1. The number of hydrogen-bond donors (Lipinski definition) is 1. The van der Waals surface area contributed by atoms with Gasteiger partial charge in [0.05, 0.1) is 6.21 Å². The standard InChI is InChI=1S/C20H17N3O2/c24-20(23-22-14-16-10-12-21-13-11-16)15-25-19-9-5-4-8-18(19)17-6-2-1-3-7-17/h1-14H,15H2,(H,23,24). The summed E-state index contributed by atoms with van der Waals surface area (Å²) in [6, 6.07) is 21.1. The third kappa shape index (κ3) is 4.75. The molecule has 5 heteroatoms. The van der Waals surface area contributed by atoms with Crippen molar-refractivity contribution in [1.29, 1.82) is 0 Å². The number of amides is 1. The van der Waals surface area contributed by atoms with Crippen LogP contribution in [0.1, 0.15) is 5.56 Å². The van der Waals surface area contributed by atoms with E-state index in [9.17, 15) is 4.79 Å². The van der Waals surface area contributed by atoms with E-state index in [0.29, 0.717) is 5.75 Å². The third-order valence-corrected chi connectivity index (χ3v) is 3.44. The second-order valence-electron chi connectivity index (χ2n) is 5.22. The average molecular weight is 331 g/mol. The molecule has 3 aromatic rings. The maximum absolute atomic E-state index is 11.9. The fourth-order valence-electron chi connectivity index (χ4n) is 2.25. The summed E-state index contributed by atoms with van der Waals surface area (Å²) >= 11 is 0. The van der Waals surface area contributed by atoms with Gasteiger partial charge in [-0.2, -0.15) is 5.10 Å². The highest BCUT2D eigenvalue weighted by Crippen LogP contribution is 2.29. The highest BCUT2D eigenvalue weighted by molar-refractivity contribution is 5.83. The van der Waals surface area contributed by atoms with Crippen LogP contribution < -0.4 is 10.2 Å². The van der Waals surface area contributed by atoms with Crippen molar-refractivity contribution in [2.75, 3.05) is 6.61 Å². The molecule has 0 aliphatic rings. The number of pyridine rings is 1. The molecule has 1 heterocycles. The lowest BCUT2D eigenvalue weighted by molar-refractivity contribution is -0.123. The van der Waals surface area contributed by atoms with Gasteiger partial charge in [0.25, 0.3) is 5.91 Å². The molecule has 0 unspecified atom stereocenters. The quantitative estimate of drug-likeness (QED) is 0.557. The van der Waals surface area contributed by atoms with Crippen molar-refractivity contribution in [2.24, 2.45) is 5.10 Å². The molecule has 0 saturated carbocycles. The molecule has 0 radical (unpaired) electrons. The molecule has 0 atom stereocenters. The van der Waals surface area contributed by atoms with E-state index >= 15 is 0 Å². The molecule has 1 amide bonds. The number of nitrogens with zero attached hydrogens (tertiary/aromatic N) is 2. The molecule has 3 rings (SSSR count). The lowest BCUT2D eigenvalue weighted by Gasteiger charge is -2.10. The van der Waals surface area contributed by atoms with Crippen LogP contribution in [0.2, 0.25) is 0 Å².